The predicted molar refractivity (Wildman–Crippen MR) is 119 cm³/mol. The van der Waals surface area contributed by atoms with Crippen molar-refractivity contribution in [2.45, 2.75) is 0 Å². The van der Waals surface area contributed by atoms with Gasteiger partial charge in [-0.05, 0) is 46.5 Å². The molecule has 0 radical (unpaired) electrons. The number of carbonyl (C=O) groups is 1. The summed E-state index contributed by atoms with van der Waals surface area (Å²) in [7, 11) is 1.62. The molecular formula is C23H17BrN2O3. The first-order chi connectivity index (χ1) is 14.1. The molecule has 4 aromatic carbocycles. The zero-order chi connectivity index (χ0) is 20.4. The Labute approximate surface area is 175 Å². The Morgan fingerprint density at radius 1 is 1.03 bits per heavy atom. The summed E-state index contributed by atoms with van der Waals surface area (Å²) >= 11 is 3.50. The molecule has 144 valence electrons. The molecule has 0 saturated heterocycles. The molecule has 0 aliphatic carbocycles. The molecular weight excluding hydrogens is 432 g/mol. The zero-order valence-corrected chi connectivity index (χ0v) is 17.1. The average molecular weight is 449 g/mol. The third kappa shape index (κ3) is 3.79. The Kier molecular flexibility index (Phi) is 5.18. The molecule has 5 nitrogen and oxygen atoms in total. The van der Waals surface area contributed by atoms with Crippen LogP contribution in [0.4, 0.5) is 0 Å². The van der Waals surface area contributed by atoms with Crippen molar-refractivity contribution in [1.29, 1.82) is 0 Å². The van der Waals surface area contributed by atoms with Crippen molar-refractivity contribution in [3.8, 4) is 11.5 Å². The Hall–Kier alpha value is -3.38. The molecule has 0 atom stereocenters. The second kappa shape index (κ2) is 7.93. The summed E-state index contributed by atoms with van der Waals surface area (Å²) < 4.78 is 6.05. The van der Waals surface area contributed by atoms with E-state index in [4.69, 9.17) is 4.74 Å². The number of aromatic hydroxyl groups is 1. The van der Waals surface area contributed by atoms with Crippen LogP contribution in [0.3, 0.4) is 0 Å². The lowest BCUT2D eigenvalue weighted by Crippen LogP contribution is -2.17. The van der Waals surface area contributed by atoms with E-state index in [1.165, 1.54) is 6.21 Å². The fraction of sp³-hybridized carbons (Fsp3) is 0.0435. The summed E-state index contributed by atoms with van der Waals surface area (Å²) in [6.45, 7) is 0. The van der Waals surface area contributed by atoms with Gasteiger partial charge in [0.05, 0.1) is 13.3 Å². The van der Waals surface area contributed by atoms with Crippen LogP contribution in [0.1, 0.15) is 15.9 Å². The smallest absolute Gasteiger partial charge is 0.271 e. The average Bonchev–Trinajstić information content (AvgIpc) is 2.76. The third-order valence-electron chi connectivity index (χ3n) is 4.67. The molecule has 2 N–H and O–H groups in total. The fourth-order valence-corrected chi connectivity index (χ4v) is 3.74. The first kappa shape index (κ1) is 19.0. The van der Waals surface area contributed by atoms with Gasteiger partial charge in [0.15, 0.2) is 0 Å². The summed E-state index contributed by atoms with van der Waals surface area (Å²) in [6, 6.07) is 20.3. The largest absolute Gasteiger partial charge is 0.507 e. The molecule has 0 aliphatic heterocycles. The van der Waals surface area contributed by atoms with E-state index in [2.05, 4.69) is 26.5 Å². The van der Waals surface area contributed by atoms with Crippen LogP contribution < -0.4 is 10.2 Å². The molecule has 0 aromatic heterocycles. The van der Waals surface area contributed by atoms with E-state index >= 15 is 0 Å². The summed E-state index contributed by atoms with van der Waals surface area (Å²) in [4.78, 5) is 12.4. The maximum atomic E-state index is 12.4. The summed E-state index contributed by atoms with van der Waals surface area (Å²) in [5.74, 6) is 0.542. The van der Waals surface area contributed by atoms with E-state index in [1.807, 2.05) is 48.5 Å². The van der Waals surface area contributed by atoms with Gasteiger partial charge >= 0.3 is 0 Å². The number of nitrogens with zero attached hydrogens (tertiary/aromatic N) is 1. The van der Waals surface area contributed by atoms with Crippen LogP contribution in [0, 0.1) is 0 Å². The molecule has 0 bridgehead atoms. The number of methoxy groups -OCH3 is 1. The van der Waals surface area contributed by atoms with E-state index in [-0.39, 0.29) is 11.7 Å². The Morgan fingerprint density at radius 3 is 2.55 bits per heavy atom. The number of amides is 1. The minimum absolute atomic E-state index is 0.112. The number of hydrogen-bond donors (Lipinski definition) is 2. The second-order valence-electron chi connectivity index (χ2n) is 6.47. The summed E-state index contributed by atoms with van der Waals surface area (Å²) in [6.07, 6.45) is 1.43. The minimum Gasteiger partial charge on any atom is -0.507 e. The topological polar surface area (TPSA) is 70.9 Å². The van der Waals surface area contributed by atoms with Crippen molar-refractivity contribution >= 4 is 49.6 Å². The Morgan fingerprint density at radius 2 is 1.76 bits per heavy atom. The first-order valence-electron chi connectivity index (χ1n) is 8.88. The van der Waals surface area contributed by atoms with Gasteiger partial charge in [-0.3, -0.25) is 4.79 Å². The zero-order valence-electron chi connectivity index (χ0n) is 15.5. The standard InChI is InChI=1S/C23H17BrN2O3/c1-29-18-9-8-14-10-16(7-6-15(14)11-18)23(28)26-25-13-17-12-21(24)19-4-2-3-5-20(19)22(17)27/h2-13,27H,1H3,(H,26,28). The van der Waals surface area contributed by atoms with Gasteiger partial charge in [-0.15, -0.1) is 0 Å². The number of hydrazone groups is 1. The van der Waals surface area contributed by atoms with Gasteiger partial charge < -0.3 is 9.84 Å². The highest BCUT2D eigenvalue weighted by atomic mass is 79.9. The first-order valence-corrected chi connectivity index (χ1v) is 9.67. The quantitative estimate of drug-likeness (QED) is 0.331. The van der Waals surface area contributed by atoms with Crippen LogP contribution >= 0.6 is 15.9 Å². The Balaban J connectivity index is 1.55. The van der Waals surface area contributed by atoms with E-state index in [1.54, 1.807) is 25.3 Å². The number of nitrogens with one attached hydrogen (secondary N) is 1. The van der Waals surface area contributed by atoms with Crippen molar-refractivity contribution in [3.63, 3.8) is 0 Å². The lowest BCUT2D eigenvalue weighted by Gasteiger charge is -2.07. The highest BCUT2D eigenvalue weighted by Crippen LogP contribution is 2.33. The van der Waals surface area contributed by atoms with E-state index in [0.29, 0.717) is 16.5 Å². The maximum Gasteiger partial charge on any atom is 0.271 e. The number of carbonyl (C=O) groups excluding carboxylic acids is 1. The number of halogens is 1. The van der Waals surface area contributed by atoms with Crippen LogP contribution in [0.15, 0.2) is 76.3 Å². The van der Waals surface area contributed by atoms with Crippen LogP contribution in [0.5, 0.6) is 11.5 Å². The maximum absolute atomic E-state index is 12.4. The van der Waals surface area contributed by atoms with Gasteiger partial charge in [0.2, 0.25) is 0 Å². The van der Waals surface area contributed by atoms with Crippen LogP contribution in [-0.4, -0.2) is 24.3 Å². The highest BCUT2D eigenvalue weighted by molar-refractivity contribution is 9.10. The van der Waals surface area contributed by atoms with Crippen LogP contribution in [-0.2, 0) is 0 Å². The lowest BCUT2D eigenvalue weighted by atomic mass is 10.1. The van der Waals surface area contributed by atoms with Gasteiger partial charge in [-0.2, -0.15) is 5.10 Å². The lowest BCUT2D eigenvalue weighted by molar-refractivity contribution is 0.0955. The van der Waals surface area contributed by atoms with Crippen LogP contribution in [0.25, 0.3) is 21.5 Å². The molecule has 4 aromatic rings. The molecule has 0 heterocycles. The Bertz CT molecular complexity index is 1270. The number of ether oxygens (including phenoxy) is 1. The van der Waals surface area contributed by atoms with Crippen molar-refractivity contribution in [1.82, 2.24) is 5.43 Å². The number of phenolic OH excluding ortho intramolecular Hbond substituents is 1. The number of hydrogen-bond acceptors (Lipinski definition) is 4. The SMILES string of the molecule is COc1ccc2cc(C(=O)NN=Cc3cc(Br)c4ccccc4c3O)ccc2c1. The van der Waals surface area contributed by atoms with E-state index < -0.39 is 0 Å². The molecule has 0 spiro atoms. The molecule has 0 unspecified atom stereocenters. The summed E-state index contributed by atoms with van der Waals surface area (Å²) in [5.41, 5.74) is 3.50. The normalized spacial score (nSPS) is 11.2. The molecule has 6 heteroatoms. The summed E-state index contributed by atoms with van der Waals surface area (Å²) in [5, 5.41) is 18.0. The number of rotatable bonds is 4. The van der Waals surface area contributed by atoms with E-state index in [9.17, 15) is 9.90 Å². The number of phenols is 1. The molecule has 4 rings (SSSR count). The molecule has 0 aliphatic rings. The molecule has 1 amide bonds. The van der Waals surface area contributed by atoms with Gasteiger partial charge in [-0.1, -0.05) is 52.3 Å². The van der Waals surface area contributed by atoms with Crippen LogP contribution in [0.2, 0.25) is 0 Å². The second-order valence-corrected chi connectivity index (χ2v) is 7.32. The van der Waals surface area contributed by atoms with Gasteiger partial charge in [0.25, 0.3) is 5.91 Å². The minimum atomic E-state index is -0.335. The monoisotopic (exact) mass is 448 g/mol. The molecule has 29 heavy (non-hydrogen) atoms. The van der Waals surface area contributed by atoms with Crippen molar-refractivity contribution in [3.05, 3.63) is 82.3 Å². The molecule has 0 fully saturated rings. The predicted octanol–water partition coefficient (Wildman–Crippen LogP) is 5.23. The third-order valence-corrected chi connectivity index (χ3v) is 5.33. The highest BCUT2D eigenvalue weighted by Gasteiger charge is 2.09. The van der Waals surface area contributed by atoms with E-state index in [0.717, 1.165) is 26.4 Å². The van der Waals surface area contributed by atoms with Crippen molar-refractivity contribution < 1.29 is 14.6 Å². The molecule has 0 saturated carbocycles. The van der Waals surface area contributed by atoms with Crippen molar-refractivity contribution in [2.24, 2.45) is 5.10 Å². The van der Waals surface area contributed by atoms with Gasteiger partial charge in [-0.25, -0.2) is 5.43 Å². The number of fused-ring (bicyclic) bond motifs is 2. The van der Waals surface area contributed by atoms with Gasteiger partial charge in [0, 0.05) is 21.0 Å². The number of benzene rings is 4. The van der Waals surface area contributed by atoms with Gasteiger partial charge in [0.1, 0.15) is 11.5 Å². The van der Waals surface area contributed by atoms with Crippen molar-refractivity contribution in [2.75, 3.05) is 7.11 Å². The fourth-order valence-electron chi connectivity index (χ4n) is 3.15.